The molecule has 0 saturated carbocycles. The summed E-state index contributed by atoms with van der Waals surface area (Å²) in [5.74, 6) is 1.27. The molecule has 1 fully saturated rings. The summed E-state index contributed by atoms with van der Waals surface area (Å²) in [4.78, 5) is 19.6. The van der Waals surface area contributed by atoms with Crippen LogP contribution < -0.4 is 5.01 Å². The number of hydrogen-bond acceptors (Lipinski definition) is 5. The molecule has 2 unspecified atom stereocenters. The number of amides is 2. The minimum Gasteiger partial charge on any atom is -0.371 e. The van der Waals surface area contributed by atoms with Crippen LogP contribution in [0.2, 0.25) is 0 Å². The smallest absolute Gasteiger partial charge is 0.327 e. The van der Waals surface area contributed by atoms with Crippen LogP contribution in [-0.2, 0) is 0 Å². The predicted octanol–water partition coefficient (Wildman–Crippen LogP) is 2.03. The number of rotatable bonds is 2. The monoisotopic (exact) mass is 337 g/mol. The molecule has 0 radical (unpaired) electrons. The number of amidine groups is 1. The summed E-state index contributed by atoms with van der Waals surface area (Å²) < 4.78 is 0. The Labute approximate surface area is 145 Å². The Morgan fingerprint density at radius 2 is 1.88 bits per heavy atom. The van der Waals surface area contributed by atoms with E-state index in [0.29, 0.717) is 18.1 Å². The SMILES string of the molecule is CN1CC(O)N(C2=NN(c3ccccn3)C(c3ccccc3)C2)C1=O. The zero-order chi connectivity index (χ0) is 17.4. The van der Waals surface area contributed by atoms with Gasteiger partial charge in [0.05, 0.1) is 12.6 Å². The van der Waals surface area contributed by atoms with E-state index < -0.39 is 6.23 Å². The summed E-state index contributed by atoms with van der Waals surface area (Å²) in [5.41, 5.74) is 1.08. The number of urea groups is 1. The Hall–Kier alpha value is -2.93. The molecule has 1 aromatic carbocycles. The Bertz CT molecular complexity index is 796. The van der Waals surface area contributed by atoms with Gasteiger partial charge in [-0.1, -0.05) is 36.4 Å². The fraction of sp³-hybridized carbons (Fsp3) is 0.278. The van der Waals surface area contributed by atoms with E-state index in [0.717, 1.165) is 5.56 Å². The van der Waals surface area contributed by atoms with Crippen LogP contribution in [0.25, 0.3) is 0 Å². The largest absolute Gasteiger partial charge is 0.371 e. The van der Waals surface area contributed by atoms with Crippen LogP contribution in [0.15, 0.2) is 59.8 Å². The maximum atomic E-state index is 12.4. The van der Waals surface area contributed by atoms with Crippen LogP contribution >= 0.6 is 0 Å². The number of nitrogens with zero attached hydrogens (tertiary/aromatic N) is 5. The van der Waals surface area contributed by atoms with Gasteiger partial charge >= 0.3 is 6.03 Å². The molecule has 7 nitrogen and oxygen atoms in total. The number of pyridine rings is 1. The van der Waals surface area contributed by atoms with Crippen molar-refractivity contribution in [3.63, 3.8) is 0 Å². The van der Waals surface area contributed by atoms with Gasteiger partial charge in [0.1, 0.15) is 11.7 Å². The number of benzene rings is 1. The van der Waals surface area contributed by atoms with Crippen molar-refractivity contribution in [2.24, 2.45) is 5.10 Å². The van der Waals surface area contributed by atoms with E-state index in [9.17, 15) is 9.90 Å². The van der Waals surface area contributed by atoms with E-state index >= 15 is 0 Å². The number of carbonyl (C=O) groups is 1. The molecule has 0 bridgehead atoms. The quantitative estimate of drug-likeness (QED) is 0.910. The zero-order valence-corrected chi connectivity index (χ0v) is 13.9. The Morgan fingerprint density at radius 1 is 1.12 bits per heavy atom. The molecule has 2 aliphatic rings. The number of aliphatic hydroxyl groups excluding tert-OH is 1. The number of aliphatic hydroxyl groups is 1. The standard InChI is InChI=1S/C18H19N5O2/c1-21-12-17(24)22(18(21)25)16-11-14(13-7-3-2-4-8-13)23(20-16)15-9-5-6-10-19-15/h2-10,14,17,24H,11-12H2,1H3. The molecule has 0 spiro atoms. The molecule has 1 saturated heterocycles. The number of aromatic nitrogens is 1. The third-order valence-corrected chi connectivity index (χ3v) is 4.51. The van der Waals surface area contributed by atoms with Gasteiger partial charge in [-0.25, -0.2) is 14.8 Å². The maximum absolute atomic E-state index is 12.4. The average molecular weight is 337 g/mol. The van der Waals surface area contributed by atoms with Gasteiger partial charge in [-0.15, -0.1) is 0 Å². The van der Waals surface area contributed by atoms with Gasteiger partial charge in [-0.2, -0.15) is 5.10 Å². The van der Waals surface area contributed by atoms with Gasteiger partial charge < -0.3 is 10.0 Å². The molecule has 0 aliphatic carbocycles. The van der Waals surface area contributed by atoms with E-state index in [1.165, 1.54) is 9.80 Å². The minimum absolute atomic E-state index is 0.0722. The van der Waals surface area contributed by atoms with Crippen molar-refractivity contribution >= 4 is 17.7 Å². The highest BCUT2D eigenvalue weighted by Gasteiger charge is 2.42. The second-order valence-corrected chi connectivity index (χ2v) is 6.19. The van der Waals surface area contributed by atoms with Crippen molar-refractivity contribution < 1.29 is 9.90 Å². The second kappa shape index (κ2) is 6.18. The normalized spacial score (nSPS) is 23.4. The van der Waals surface area contributed by atoms with Crippen LogP contribution in [0.4, 0.5) is 10.6 Å². The molecule has 7 heteroatoms. The van der Waals surface area contributed by atoms with Crippen LogP contribution in [0, 0.1) is 0 Å². The van der Waals surface area contributed by atoms with Crippen molar-refractivity contribution in [3.05, 3.63) is 60.3 Å². The lowest BCUT2D eigenvalue weighted by Gasteiger charge is -2.22. The highest BCUT2D eigenvalue weighted by molar-refractivity contribution is 6.00. The molecule has 25 heavy (non-hydrogen) atoms. The molecule has 3 heterocycles. The number of hydrogen-bond donors (Lipinski definition) is 1. The lowest BCUT2D eigenvalue weighted by atomic mass is 10.0. The lowest BCUT2D eigenvalue weighted by Crippen LogP contribution is -2.39. The summed E-state index contributed by atoms with van der Waals surface area (Å²) >= 11 is 0. The number of anilines is 1. The summed E-state index contributed by atoms with van der Waals surface area (Å²) in [6, 6.07) is 15.3. The third kappa shape index (κ3) is 2.72. The fourth-order valence-electron chi connectivity index (χ4n) is 3.27. The number of hydrazone groups is 1. The zero-order valence-electron chi connectivity index (χ0n) is 13.9. The summed E-state index contributed by atoms with van der Waals surface area (Å²) in [6.45, 7) is 0.275. The Kier molecular flexibility index (Phi) is 3.85. The highest BCUT2D eigenvalue weighted by Crippen LogP contribution is 2.35. The van der Waals surface area contributed by atoms with Crippen LogP contribution in [-0.4, -0.2) is 51.6 Å². The topological polar surface area (TPSA) is 72.3 Å². The minimum atomic E-state index is -0.878. The van der Waals surface area contributed by atoms with E-state index in [-0.39, 0.29) is 18.6 Å². The van der Waals surface area contributed by atoms with E-state index in [2.05, 4.69) is 10.1 Å². The van der Waals surface area contributed by atoms with Crippen molar-refractivity contribution in [3.8, 4) is 0 Å². The highest BCUT2D eigenvalue weighted by atomic mass is 16.3. The molecule has 2 atom stereocenters. The fourth-order valence-corrected chi connectivity index (χ4v) is 3.27. The number of carbonyl (C=O) groups excluding carboxylic acids is 1. The van der Waals surface area contributed by atoms with Gasteiger partial charge in [0.2, 0.25) is 0 Å². The molecular formula is C18H19N5O2. The first kappa shape index (κ1) is 15.6. The third-order valence-electron chi connectivity index (χ3n) is 4.51. The number of likely N-dealkylation sites (N-methyl/N-ethyl adjacent to an activating group) is 1. The van der Waals surface area contributed by atoms with Crippen LogP contribution in [0.1, 0.15) is 18.0 Å². The lowest BCUT2D eigenvalue weighted by molar-refractivity contribution is 0.103. The summed E-state index contributed by atoms with van der Waals surface area (Å²) in [6.07, 6.45) is 1.36. The Morgan fingerprint density at radius 3 is 2.52 bits per heavy atom. The molecule has 128 valence electrons. The van der Waals surface area contributed by atoms with Crippen molar-refractivity contribution in [2.75, 3.05) is 18.6 Å². The predicted molar refractivity (Wildman–Crippen MR) is 93.8 cm³/mol. The summed E-state index contributed by atoms with van der Waals surface area (Å²) in [7, 11) is 1.67. The molecule has 2 aliphatic heterocycles. The summed E-state index contributed by atoms with van der Waals surface area (Å²) in [5, 5.41) is 16.7. The van der Waals surface area contributed by atoms with Gasteiger partial charge in [0.15, 0.2) is 6.23 Å². The van der Waals surface area contributed by atoms with Crippen LogP contribution in [0.3, 0.4) is 0 Å². The van der Waals surface area contributed by atoms with Gasteiger partial charge in [-0.05, 0) is 17.7 Å². The van der Waals surface area contributed by atoms with Gasteiger partial charge in [0.25, 0.3) is 0 Å². The van der Waals surface area contributed by atoms with Crippen molar-refractivity contribution in [1.82, 2.24) is 14.8 Å². The molecule has 1 aromatic heterocycles. The first-order valence-corrected chi connectivity index (χ1v) is 8.20. The van der Waals surface area contributed by atoms with E-state index in [1.54, 1.807) is 13.2 Å². The molecule has 2 aromatic rings. The van der Waals surface area contributed by atoms with Crippen molar-refractivity contribution in [2.45, 2.75) is 18.7 Å². The molecule has 2 amide bonds. The molecular weight excluding hydrogens is 318 g/mol. The Balaban J connectivity index is 1.72. The van der Waals surface area contributed by atoms with Gasteiger partial charge in [-0.3, -0.25) is 4.90 Å². The van der Waals surface area contributed by atoms with Crippen molar-refractivity contribution in [1.29, 1.82) is 0 Å². The molecule has 1 N–H and O–H groups in total. The van der Waals surface area contributed by atoms with Gasteiger partial charge in [0, 0.05) is 19.7 Å². The number of β-amino-alcohol motifs (C(OH)–C–C–N with tert-alkyl or cyclic N) is 1. The van der Waals surface area contributed by atoms with E-state index in [4.69, 9.17) is 0 Å². The second-order valence-electron chi connectivity index (χ2n) is 6.19. The average Bonchev–Trinajstić information content (AvgIpc) is 3.18. The first-order valence-electron chi connectivity index (χ1n) is 8.20. The van der Waals surface area contributed by atoms with E-state index in [1.807, 2.05) is 53.5 Å². The maximum Gasteiger partial charge on any atom is 0.327 e. The molecule has 4 rings (SSSR count). The first-order chi connectivity index (χ1) is 12.1. The van der Waals surface area contributed by atoms with Crippen LogP contribution in [0.5, 0.6) is 0 Å².